The zero-order valence-corrected chi connectivity index (χ0v) is 17.8. The van der Waals surface area contributed by atoms with Crippen molar-refractivity contribution in [1.29, 1.82) is 0 Å². The van der Waals surface area contributed by atoms with Crippen molar-refractivity contribution in [3.63, 3.8) is 0 Å². The summed E-state index contributed by atoms with van der Waals surface area (Å²) in [4.78, 5) is 27.1. The van der Waals surface area contributed by atoms with Gasteiger partial charge in [-0.2, -0.15) is 0 Å². The highest BCUT2D eigenvalue weighted by Crippen LogP contribution is 2.37. The summed E-state index contributed by atoms with van der Waals surface area (Å²) in [5.74, 6) is 0.955. The minimum atomic E-state index is -0.440. The summed E-state index contributed by atoms with van der Waals surface area (Å²) in [5, 5.41) is 2.88. The van der Waals surface area contributed by atoms with Crippen molar-refractivity contribution < 1.29 is 23.8 Å². The van der Waals surface area contributed by atoms with E-state index >= 15 is 0 Å². The van der Waals surface area contributed by atoms with Crippen molar-refractivity contribution in [3.05, 3.63) is 53.6 Å². The van der Waals surface area contributed by atoms with Gasteiger partial charge in [0.2, 0.25) is 5.91 Å². The third kappa shape index (κ3) is 4.99. The van der Waals surface area contributed by atoms with E-state index in [-0.39, 0.29) is 25.1 Å². The van der Waals surface area contributed by atoms with Gasteiger partial charge in [0, 0.05) is 12.5 Å². The van der Waals surface area contributed by atoms with Crippen LogP contribution in [0.15, 0.2) is 42.5 Å². The molecule has 1 atom stereocenters. The number of para-hydroxylation sites is 1. The van der Waals surface area contributed by atoms with Gasteiger partial charge in [0.05, 0.1) is 37.6 Å². The largest absolute Gasteiger partial charge is 0.490 e. The number of hydrogen-bond donors (Lipinski definition) is 1. The van der Waals surface area contributed by atoms with E-state index in [1.165, 1.54) is 0 Å². The van der Waals surface area contributed by atoms with Gasteiger partial charge in [-0.1, -0.05) is 18.2 Å². The fourth-order valence-electron chi connectivity index (χ4n) is 4.13. The molecule has 7 heteroatoms. The summed E-state index contributed by atoms with van der Waals surface area (Å²) in [7, 11) is 0. The molecule has 2 aliphatic heterocycles. The molecule has 0 unspecified atom stereocenters. The highest BCUT2D eigenvalue weighted by Gasteiger charge is 2.29. The van der Waals surface area contributed by atoms with Gasteiger partial charge >= 0.3 is 5.97 Å². The highest BCUT2D eigenvalue weighted by atomic mass is 16.5. The third-order valence-electron chi connectivity index (χ3n) is 5.56. The lowest BCUT2D eigenvalue weighted by atomic mass is 10.0. The van der Waals surface area contributed by atoms with Crippen molar-refractivity contribution in [1.82, 2.24) is 4.90 Å². The number of nitrogens with one attached hydrogen (secondary N) is 1. The molecule has 2 aromatic carbocycles. The maximum Gasteiger partial charge on any atom is 0.340 e. The second-order valence-corrected chi connectivity index (χ2v) is 7.70. The number of amides is 1. The van der Waals surface area contributed by atoms with Crippen LogP contribution in [-0.2, 0) is 9.53 Å². The Hall–Kier alpha value is -3.06. The Morgan fingerprint density at radius 1 is 1.10 bits per heavy atom. The van der Waals surface area contributed by atoms with Crippen LogP contribution in [0.4, 0.5) is 5.69 Å². The van der Waals surface area contributed by atoms with Crippen molar-refractivity contribution in [2.45, 2.75) is 32.2 Å². The van der Waals surface area contributed by atoms with Crippen molar-refractivity contribution in [2.75, 3.05) is 38.2 Å². The molecule has 0 aliphatic carbocycles. The first-order chi connectivity index (χ1) is 15.2. The van der Waals surface area contributed by atoms with Gasteiger partial charge in [0.15, 0.2) is 11.5 Å². The molecule has 1 saturated heterocycles. The van der Waals surface area contributed by atoms with E-state index in [9.17, 15) is 9.59 Å². The number of likely N-dealkylation sites (tertiary alicyclic amines) is 1. The second-order valence-electron chi connectivity index (χ2n) is 7.70. The van der Waals surface area contributed by atoms with E-state index in [1.807, 2.05) is 12.1 Å². The number of rotatable bonds is 6. The summed E-state index contributed by atoms with van der Waals surface area (Å²) in [6, 6.07) is 13.1. The smallest absolute Gasteiger partial charge is 0.340 e. The summed E-state index contributed by atoms with van der Waals surface area (Å²) in [6.07, 6.45) is 2.87. The topological polar surface area (TPSA) is 77.1 Å². The molecule has 0 saturated carbocycles. The Morgan fingerprint density at radius 3 is 2.74 bits per heavy atom. The fourth-order valence-corrected chi connectivity index (χ4v) is 4.13. The Kier molecular flexibility index (Phi) is 6.72. The molecule has 31 heavy (non-hydrogen) atoms. The van der Waals surface area contributed by atoms with Crippen LogP contribution in [0.25, 0.3) is 0 Å². The Bertz CT molecular complexity index is 945. The first kappa shape index (κ1) is 21.2. The van der Waals surface area contributed by atoms with Crippen LogP contribution in [-0.4, -0.2) is 49.7 Å². The number of anilines is 1. The first-order valence-electron chi connectivity index (χ1n) is 10.9. The lowest BCUT2D eigenvalue weighted by molar-refractivity contribution is -0.117. The van der Waals surface area contributed by atoms with Gasteiger partial charge < -0.3 is 19.5 Å². The highest BCUT2D eigenvalue weighted by molar-refractivity contribution is 6.01. The monoisotopic (exact) mass is 424 g/mol. The molecule has 4 rings (SSSR count). The molecule has 0 radical (unpaired) electrons. The number of esters is 1. The van der Waals surface area contributed by atoms with Gasteiger partial charge in [-0.25, -0.2) is 4.79 Å². The molecular weight excluding hydrogens is 396 g/mol. The van der Waals surface area contributed by atoms with E-state index in [2.05, 4.69) is 16.3 Å². The van der Waals surface area contributed by atoms with Crippen LogP contribution in [0.3, 0.4) is 0 Å². The second kappa shape index (κ2) is 9.83. The predicted octanol–water partition coefficient (Wildman–Crippen LogP) is 3.80. The number of nitrogens with zero attached hydrogens (tertiary/aromatic N) is 1. The molecule has 0 aromatic heterocycles. The number of benzene rings is 2. The van der Waals surface area contributed by atoms with E-state index in [1.54, 1.807) is 31.2 Å². The molecule has 2 heterocycles. The quantitative estimate of drug-likeness (QED) is 0.711. The van der Waals surface area contributed by atoms with Gasteiger partial charge in [-0.05, 0) is 56.1 Å². The molecular formula is C24H28N2O5. The molecule has 1 amide bonds. The normalized spacial score (nSPS) is 18.3. The van der Waals surface area contributed by atoms with Crippen LogP contribution in [0.1, 0.15) is 48.1 Å². The molecule has 1 N–H and O–H groups in total. The van der Waals surface area contributed by atoms with E-state index in [0.29, 0.717) is 24.5 Å². The first-order valence-corrected chi connectivity index (χ1v) is 10.9. The van der Waals surface area contributed by atoms with Crippen molar-refractivity contribution >= 4 is 17.6 Å². The number of carbonyl (C=O) groups is 2. The summed E-state index contributed by atoms with van der Waals surface area (Å²) in [5.41, 5.74) is 1.96. The van der Waals surface area contributed by atoms with E-state index in [4.69, 9.17) is 14.2 Å². The van der Waals surface area contributed by atoms with Crippen LogP contribution in [0.2, 0.25) is 0 Å². The van der Waals surface area contributed by atoms with Gasteiger partial charge in [0.25, 0.3) is 0 Å². The molecule has 2 aliphatic rings. The minimum absolute atomic E-state index is 0.142. The summed E-state index contributed by atoms with van der Waals surface area (Å²) in [6.45, 7) is 4.43. The Morgan fingerprint density at radius 2 is 1.90 bits per heavy atom. The summed E-state index contributed by atoms with van der Waals surface area (Å²) >= 11 is 0. The maximum atomic E-state index is 12.8. The van der Waals surface area contributed by atoms with Gasteiger partial charge in [0.1, 0.15) is 0 Å². The average Bonchev–Trinajstić information content (AvgIpc) is 3.09. The number of fused-ring (bicyclic) bond motifs is 1. The third-order valence-corrected chi connectivity index (χ3v) is 5.56. The number of carbonyl (C=O) groups excluding carboxylic acids is 2. The van der Waals surface area contributed by atoms with Crippen LogP contribution in [0.5, 0.6) is 11.5 Å². The number of ether oxygens (including phenoxy) is 3. The van der Waals surface area contributed by atoms with Crippen molar-refractivity contribution in [2.24, 2.45) is 0 Å². The maximum absolute atomic E-state index is 12.8. The van der Waals surface area contributed by atoms with E-state index in [0.717, 1.165) is 42.9 Å². The van der Waals surface area contributed by atoms with Gasteiger partial charge in [-0.15, -0.1) is 0 Å². The summed E-state index contributed by atoms with van der Waals surface area (Å²) < 4.78 is 16.7. The fraction of sp³-hybridized carbons (Fsp3) is 0.417. The SMILES string of the molecule is CCOC(=O)c1ccccc1NC(=O)CN1CCC[C@@H]1c1ccc2c(c1)OCCCO2. The van der Waals surface area contributed by atoms with Crippen molar-refractivity contribution in [3.8, 4) is 11.5 Å². The Balaban J connectivity index is 1.44. The molecule has 0 spiro atoms. The molecule has 2 aromatic rings. The Labute approximate surface area is 182 Å². The molecule has 1 fully saturated rings. The predicted molar refractivity (Wildman–Crippen MR) is 117 cm³/mol. The molecule has 0 bridgehead atoms. The zero-order valence-electron chi connectivity index (χ0n) is 17.8. The number of hydrogen-bond acceptors (Lipinski definition) is 6. The van der Waals surface area contributed by atoms with Gasteiger partial charge in [-0.3, -0.25) is 9.69 Å². The molecule has 7 nitrogen and oxygen atoms in total. The lowest BCUT2D eigenvalue weighted by Gasteiger charge is -2.25. The average molecular weight is 424 g/mol. The van der Waals surface area contributed by atoms with Crippen LogP contribution >= 0.6 is 0 Å². The van der Waals surface area contributed by atoms with E-state index < -0.39 is 5.97 Å². The minimum Gasteiger partial charge on any atom is -0.490 e. The zero-order chi connectivity index (χ0) is 21.6. The molecule has 164 valence electrons. The van der Waals surface area contributed by atoms with Crippen LogP contribution in [0, 0.1) is 0 Å². The standard InChI is InChI=1S/C24H28N2O5/c1-2-29-24(28)18-7-3-4-8-19(18)25-23(27)16-26-12-5-9-20(26)17-10-11-21-22(15-17)31-14-6-13-30-21/h3-4,7-8,10-11,15,20H,2,5-6,9,12-14,16H2,1H3,(H,25,27)/t20-/m1/s1. The van der Waals surface area contributed by atoms with Crippen LogP contribution < -0.4 is 14.8 Å². The lowest BCUT2D eigenvalue weighted by Crippen LogP contribution is -2.33.